The van der Waals surface area contributed by atoms with Crippen LogP contribution in [0.5, 0.6) is 0 Å². The lowest BCUT2D eigenvalue weighted by Gasteiger charge is -2.22. The largest absolute Gasteiger partial charge is 0.380 e. The van der Waals surface area contributed by atoms with Crippen LogP contribution < -0.4 is 0 Å². The van der Waals surface area contributed by atoms with Crippen LogP contribution in [-0.2, 0) is 12.0 Å². The highest BCUT2D eigenvalue weighted by atomic mass is 35.5. The van der Waals surface area contributed by atoms with Crippen molar-refractivity contribution in [1.29, 1.82) is 0 Å². The van der Waals surface area contributed by atoms with Gasteiger partial charge in [0, 0.05) is 4.88 Å². The first-order valence-corrected chi connectivity index (χ1v) is 6.46. The molecule has 3 heteroatoms. The molecular weight excluding hydrogens is 240 g/mol. The van der Waals surface area contributed by atoms with Gasteiger partial charge >= 0.3 is 0 Å². The molecule has 2 aromatic rings. The van der Waals surface area contributed by atoms with Crippen molar-refractivity contribution in [2.75, 3.05) is 0 Å². The van der Waals surface area contributed by atoms with E-state index in [1.807, 2.05) is 30.3 Å². The Bertz CT molecular complexity index is 534. The van der Waals surface area contributed by atoms with E-state index < -0.39 is 5.60 Å². The smallest absolute Gasteiger partial charge is 0.124 e. The minimum atomic E-state index is -0.825. The highest BCUT2D eigenvalue weighted by molar-refractivity contribution is 7.16. The fourth-order valence-electron chi connectivity index (χ4n) is 2.38. The second kappa shape index (κ2) is 3.59. The third-order valence-corrected chi connectivity index (χ3v) is 4.58. The first kappa shape index (κ1) is 10.3. The number of fused-ring (bicyclic) bond motifs is 1. The summed E-state index contributed by atoms with van der Waals surface area (Å²) in [6.07, 6.45) is 1.69. The monoisotopic (exact) mass is 250 g/mol. The Morgan fingerprint density at radius 1 is 1.19 bits per heavy atom. The van der Waals surface area contributed by atoms with Crippen molar-refractivity contribution >= 4 is 22.9 Å². The molecule has 1 aliphatic carbocycles. The van der Waals surface area contributed by atoms with Crippen molar-refractivity contribution in [3.05, 3.63) is 56.7 Å². The molecule has 1 atom stereocenters. The molecule has 1 unspecified atom stereocenters. The zero-order valence-corrected chi connectivity index (χ0v) is 10.2. The van der Waals surface area contributed by atoms with Crippen molar-refractivity contribution in [3.63, 3.8) is 0 Å². The normalized spacial score (nSPS) is 23.4. The van der Waals surface area contributed by atoms with E-state index in [1.165, 1.54) is 16.9 Å². The molecule has 0 aliphatic heterocycles. The number of aliphatic hydroxyl groups is 1. The Kier molecular flexibility index (Phi) is 2.32. The van der Waals surface area contributed by atoms with E-state index in [0.717, 1.165) is 27.6 Å². The standard InChI is InChI=1S/C13H11ClOS/c14-12-6-5-11(16-12)13(15)8-7-9-3-1-2-4-10(9)13/h1-6,15H,7-8H2. The van der Waals surface area contributed by atoms with Gasteiger partial charge in [-0.3, -0.25) is 0 Å². The zero-order valence-electron chi connectivity index (χ0n) is 8.61. The van der Waals surface area contributed by atoms with Crippen molar-refractivity contribution in [2.24, 2.45) is 0 Å². The summed E-state index contributed by atoms with van der Waals surface area (Å²) in [4.78, 5) is 0.947. The number of hydrogen-bond acceptors (Lipinski definition) is 2. The van der Waals surface area contributed by atoms with Gasteiger partial charge in [0.15, 0.2) is 0 Å². The summed E-state index contributed by atoms with van der Waals surface area (Å²) < 4.78 is 0.729. The lowest BCUT2D eigenvalue weighted by Crippen LogP contribution is -2.22. The van der Waals surface area contributed by atoms with Gasteiger partial charge < -0.3 is 5.11 Å². The van der Waals surface area contributed by atoms with E-state index in [4.69, 9.17) is 11.6 Å². The number of halogens is 1. The third kappa shape index (κ3) is 1.41. The van der Waals surface area contributed by atoms with Crippen molar-refractivity contribution in [2.45, 2.75) is 18.4 Å². The first-order valence-electron chi connectivity index (χ1n) is 5.27. The summed E-state index contributed by atoms with van der Waals surface area (Å²) in [6.45, 7) is 0. The zero-order chi connectivity index (χ0) is 11.2. The number of thiophene rings is 1. The van der Waals surface area contributed by atoms with Crippen LogP contribution in [0.25, 0.3) is 0 Å². The van der Waals surface area contributed by atoms with Crippen molar-refractivity contribution < 1.29 is 5.11 Å². The fourth-order valence-corrected chi connectivity index (χ4v) is 3.56. The maximum Gasteiger partial charge on any atom is 0.124 e. The molecule has 0 saturated heterocycles. The highest BCUT2D eigenvalue weighted by Crippen LogP contribution is 2.44. The maximum absolute atomic E-state index is 10.8. The molecule has 1 aromatic heterocycles. The predicted molar refractivity (Wildman–Crippen MR) is 67.1 cm³/mol. The van der Waals surface area contributed by atoms with Crippen LogP contribution in [0.15, 0.2) is 36.4 Å². The number of benzene rings is 1. The Balaban J connectivity index is 2.14. The van der Waals surface area contributed by atoms with E-state index >= 15 is 0 Å². The topological polar surface area (TPSA) is 20.2 Å². The predicted octanol–water partition coefficient (Wildman–Crippen LogP) is 3.58. The molecule has 0 bridgehead atoms. The highest BCUT2D eigenvalue weighted by Gasteiger charge is 2.39. The number of aryl methyl sites for hydroxylation is 1. The fraction of sp³-hybridized carbons (Fsp3) is 0.231. The van der Waals surface area contributed by atoms with Gasteiger partial charge in [-0.2, -0.15) is 0 Å². The summed E-state index contributed by atoms with van der Waals surface area (Å²) in [5.74, 6) is 0. The van der Waals surface area contributed by atoms with Gasteiger partial charge in [-0.25, -0.2) is 0 Å². The minimum Gasteiger partial charge on any atom is -0.380 e. The molecule has 3 rings (SSSR count). The second-order valence-electron chi connectivity index (χ2n) is 4.12. The number of rotatable bonds is 1. The van der Waals surface area contributed by atoms with Gasteiger partial charge in [-0.05, 0) is 36.1 Å². The second-order valence-corrected chi connectivity index (χ2v) is 5.84. The van der Waals surface area contributed by atoms with Crippen molar-refractivity contribution in [1.82, 2.24) is 0 Å². The Hall–Kier alpha value is -0.830. The van der Waals surface area contributed by atoms with Crippen LogP contribution >= 0.6 is 22.9 Å². The van der Waals surface area contributed by atoms with Gasteiger partial charge in [-0.15, -0.1) is 11.3 Å². The van der Waals surface area contributed by atoms with Crippen LogP contribution in [-0.4, -0.2) is 5.11 Å². The lowest BCUT2D eigenvalue weighted by atomic mass is 9.94. The van der Waals surface area contributed by atoms with E-state index in [1.54, 1.807) is 0 Å². The molecule has 1 heterocycles. The minimum absolute atomic E-state index is 0.729. The van der Waals surface area contributed by atoms with Gasteiger partial charge in [0.1, 0.15) is 5.60 Å². The molecule has 0 radical (unpaired) electrons. The molecule has 1 aliphatic rings. The summed E-state index contributed by atoms with van der Waals surface area (Å²) in [6, 6.07) is 11.9. The van der Waals surface area contributed by atoms with Crippen LogP contribution in [0.1, 0.15) is 22.4 Å². The van der Waals surface area contributed by atoms with Crippen molar-refractivity contribution in [3.8, 4) is 0 Å². The number of hydrogen-bond donors (Lipinski definition) is 1. The molecule has 16 heavy (non-hydrogen) atoms. The quantitative estimate of drug-likeness (QED) is 0.820. The maximum atomic E-state index is 10.8. The molecule has 0 saturated carbocycles. The van der Waals surface area contributed by atoms with Crippen LogP contribution in [0.3, 0.4) is 0 Å². The molecular formula is C13H11ClOS. The Labute approximate surface area is 103 Å². The Morgan fingerprint density at radius 3 is 2.75 bits per heavy atom. The van der Waals surface area contributed by atoms with E-state index in [0.29, 0.717) is 0 Å². The molecule has 0 amide bonds. The van der Waals surface area contributed by atoms with E-state index in [-0.39, 0.29) is 0 Å². The summed E-state index contributed by atoms with van der Waals surface area (Å²) in [5, 5.41) is 10.8. The van der Waals surface area contributed by atoms with E-state index in [9.17, 15) is 5.11 Å². The summed E-state index contributed by atoms with van der Waals surface area (Å²) in [5.41, 5.74) is 1.46. The average Bonchev–Trinajstić information content (AvgIpc) is 2.86. The summed E-state index contributed by atoms with van der Waals surface area (Å²) >= 11 is 7.40. The molecule has 1 N–H and O–H groups in total. The van der Waals surface area contributed by atoms with Crippen LogP contribution in [0, 0.1) is 0 Å². The molecule has 82 valence electrons. The van der Waals surface area contributed by atoms with Gasteiger partial charge in [0.25, 0.3) is 0 Å². The molecule has 1 nitrogen and oxygen atoms in total. The van der Waals surface area contributed by atoms with Gasteiger partial charge in [0.05, 0.1) is 4.34 Å². The van der Waals surface area contributed by atoms with Crippen LogP contribution in [0.4, 0.5) is 0 Å². The molecule has 1 aromatic carbocycles. The van der Waals surface area contributed by atoms with E-state index in [2.05, 4.69) is 6.07 Å². The SMILES string of the molecule is OC1(c2ccc(Cl)s2)CCc2ccccc21. The first-order chi connectivity index (χ1) is 7.70. The average molecular weight is 251 g/mol. The Morgan fingerprint density at radius 2 is 2.00 bits per heavy atom. The third-order valence-electron chi connectivity index (χ3n) is 3.20. The molecule has 0 spiro atoms. The lowest BCUT2D eigenvalue weighted by molar-refractivity contribution is 0.0868. The van der Waals surface area contributed by atoms with Gasteiger partial charge in [0.2, 0.25) is 0 Å². The van der Waals surface area contributed by atoms with Gasteiger partial charge in [-0.1, -0.05) is 35.9 Å². The van der Waals surface area contributed by atoms with Crippen LogP contribution in [0.2, 0.25) is 4.34 Å². The summed E-state index contributed by atoms with van der Waals surface area (Å²) in [7, 11) is 0. The molecule has 0 fully saturated rings.